The lowest BCUT2D eigenvalue weighted by Gasteiger charge is -2.34. The molecule has 0 aliphatic carbocycles. The number of carbonyl (C=O) groups is 3. The van der Waals surface area contributed by atoms with E-state index in [2.05, 4.69) is 10.6 Å². The first kappa shape index (κ1) is 26.7. The Morgan fingerprint density at radius 3 is 2.24 bits per heavy atom. The van der Waals surface area contributed by atoms with Gasteiger partial charge < -0.3 is 15.4 Å². The molecule has 2 fully saturated rings. The van der Waals surface area contributed by atoms with Crippen molar-refractivity contribution in [3.05, 3.63) is 59.9 Å². The summed E-state index contributed by atoms with van der Waals surface area (Å²) in [7, 11) is -3.74. The van der Waals surface area contributed by atoms with E-state index < -0.39 is 45.8 Å². The summed E-state index contributed by atoms with van der Waals surface area (Å²) in [6.07, 6.45) is -0.244. The molecule has 0 aromatic heterocycles. The molecule has 4 amide bonds. The SMILES string of the molecule is CCC1(c2ccc(F)cc2)NC(=O)N(CC(=O)Nc2ccc(S(=O)(=O)N3CC(C)OC(C)C3)cc2)C1=O. The van der Waals surface area contributed by atoms with E-state index in [-0.39, 0.29) is 36.6 Å². The van der Waals surface area contributed by atoms with Crippen molar-refractivity contribution in [2.24, 2.45) is 0 Å². The summed E-state index contributed by atoms with van der Waals surface area (Å²) in [5, 5.41) is 5.22. The van der Waals surface area contributed by atoms with Gasteiger partial charge in [-0.15, -0.1) is 0 Å². The minimum absolute atomic E-state index is 0.0768. The molecule has 37 heavy (non-hydrogen) atoms. The third-order valence-corrected chi connectivity index (χ3v) is 8.35. The van der Waals surface area contributed by atoms with E-state index in [0.29, 0.717) is 11.3 Å². The summed E-state index contributed by atoms with van der Waals surface area (Å²) in [6, 6.07) is 10.2. The highest BCUT2D eigenvalue weighted by Gasteiger charge is 2.51. The van der Waals surface area contributed by atoms with Gasteiger partial charge in [-0.1, -0.05) is 19.1 Å². The van der Waals surface area contributed by atoms with E-state index in [9.17, 15) is 27.2 Å². The molecule has 12 heteroatoms. The molecule has 0 bridgehead atoms. The number of urea groups is 1. The number of sulfonamides is 1. The van der Waals surface area contributed by atoms with Crippen LogP contribution >= 0.6 is 0 Å². The van der Waals surface area contributed by atoms with Crippen LogP contribution in [0, 0.1) is 5.82 Å². The monoisotopic (exact) mass is 532 g/mol. The van der Waals surface area contributed by atoms with Crippen LogP contribution in [0.2, 0.25) is 0 Å². The standard InChI is InChI=1S/C25H29FN4O6S/c1-4-25(18-5-7-19(26)8-6-18)23(32)30(24(33)28-25)15-22(31)27-20-9-11-21(12-10-20)37(34,35)29-13-16(2)36-17(3)14-29/h5-12,16-17H,4,13-15H2,1-3H3,(H,27,31)(H,28,33). The van der Waals surface area contributed by atoms with Gasteiger partial charge in [0.15, 0.2) is 0 Å². The second-order valence-electron chi connectivity index (χ2n) is 9.24. The molecule has 2 heterocycles. The number of benzene rings is 2. The number of nitrogens with one attached hydrogen (secondary N) is 2. The minimum atomic E-state index is -3.74. The van der Waals surface area contributed by atoms with Crippen molar-refractivity contribution in [1.82, 2.24) is 14.5 Å². The van der Waals surface area contributed by atoms with Gasteiger partial charge in [0.05, 0.1) is 17.1 Å². The molecule has 0 radical (unpaired) electrons. The molecule has 2 aromatic carbocycles. The first-order valence-electron chi connectivity index (χ1n) is 11.9. The molecule has 0 saturated carbocycles. The normalized spacial score (nSPS) is 24.7. The molecule has 2 aromatic rings. The first-order valence-corrected chi connectivity index (χ1v) is 13.4. The highest BCUT2D eigenvalue weighted by atomic mass is 32.2. The summed E-state index contributed by atoms with van der Waals surface area (Å²) >= 11 is 0. The zero-order valence-corrected chi connectivity index (χ0v) is 21.5. The molecular weight excluding hydrogens is 503 g/mol. The lowest BCUT2D eigenvalue weighted by Crippen LogP contribution is -2.48. The van der Waals surface area contributed by atoms with Crippen LogP contribution in [0.5, 0.6) is 0 Å². The molecule has 10 nitrogen and oxygen atoms in total. The summed E-state index contributed by atoms with van der Waals surface area (Å²) in [6.45, 7) is 5.28. The van der Waals surface area contributed by atoms with Gasteiger partial charge >= 0.3 is 6.03 Å². The fourth-order valence-electron chi connectivity index (χ4n) is 4.67. The number of carbonyl (C=O) groups excluding carboxylic acids is 3. The summed E-state index contributed by atoms with van der Waals surface area (Å²) < 4.78 is 46.4. The topological polar surface area (TPSA) is 125 Å². The number of amides is 4. The van der Waals surface area contributed by atoms with Crippen molar-refractivity contribution in [3.63, 3.8) is 0 Å². The smallest absolute Gasteiger partial charge is 0.325 e. The third-order valence-electron chi connectivity index (χ3n) is 6.51. The summed E-state index contributed by atoms with van der Waals surface area (Å²) in [5.41, 5.74) is -0.672. The Hall–Kier alpha value is -3.35. The molecule has 0 spiro atoms. The Morgan fingerprint density at radius 2 is 1.68 bits per heavy atom. The van der Waals surface area contributed by atoms with Crippen molar-refractivity contribution in [1.29, 1.82) is 0 Å². The van der Waals surface area contributed by atoms with Gasteiger partial charge in [0.25, 0.3) is 5.91 Å². The predicted molar refractivity (Wildman–Crippen MR) is 132 cm³/mol. The number of rotatable bonds is 7. The molecule has 2 saturated heterocycles. The first-order chi connectivity index (χ1) is 17.5. The second kappa shape index (κ2) is 10.2. The van der Waals surface area contributed by atoms with Crippen LogP contribution in [-0.2, 0) is 29.9 Å². The quantitative estimate of drug-likeness (QED) is 0.528. The van der Waals surface area contributed by atoms with E-state index in [1.165, 1.54) is 52.8 Å². The summed E-state index contributed by atoms with van der Waals surface area (Å²) in [5.74, 6) is -1.73. The van der Waals surface area contributed by atoms with Crippen molar-refractivity contribution in [2.45, 2.75) is 49.8 Å². The maximum atomic E-state index is 13.4. The molecule has 3 unspecified atom stereocenters. The highest BCUT2D eigenvalue weighted by molar-refractivity contribution is 7.89. The van der Waals surface area contributed by atoms with Crippen LogP contribution < -0.4 is 10.6 Å². The summed E-state index contributed by atoms with van der Waals surface area (Å²) in [4.78, 5) is 39.3. The van der Waals surface area contributed by atoms with Gasteiger partial charge in [0.1, 0.15) is 17.9 Å². The van der Waals surface area contributed by atoms with Crippen LogP contribution in [0.1, 0.15) is 32.8 Å². The zero-order chi connectivity index (χ0) is 27.0. The maximum Gasteiger partial charge on any atom is 0.325 e. The fraction of sp³-hybridized carbons (Fsp3) is 0.400. The number of morpholine rings is 1. The van der Waals surface area contributed by atoms with Crippen LogP contribution in [-0.4, -0.2) is 67.3 Å². The van der Waals surface area contributed by atoms with E-state index in [1.807, 2.05) is 13.8 Å². The zero-order valence-electron chi connectivity index (χ0n) is 20.7. The average Bonchev–Trinajstić information content (AvgIpc) is 3.09. The lowest BCUT2D eigenvalue weighted by molar-refractivity contribution is -0.134. The largest absolute Gasteiger partial charge is 0.373 e. The van der Waals surface area contributed by atoms with E-state index >= 15 is 0 Å². The average molecular weight is 533 g/mol. The van der Waals surface area contributed by atoms with Crippen LogP contribution in [0.15, 0.2) is 53.4 Å². The molecule has 2 aliphatic heterocycles. The van der Waals surface area contributed by atoms with E-state index in [0.717, 1.165) is 4.90 Å². The van der Waals surface area contributed by atoms with Crippen molar-refractivity contribution < 1.29 is 31.9 Å². The van der Waals surface area contributed by atoms with Gasteiger partial charge in [0.2, 0.25) is 15.9 Å². The minimum Gasteiger partial charge on any atom is -0.373 e. The van der Waals surface area contributed by atoms with Gasteiger partial charge in [-0.05, 0) is 62.2 Å². The van der Waals surface area contributed by atoms with Gasteiger partial charge in [-0.2, -0.15) is 4.31 Å². The molecule has 2 N–H and O–H groups in total. The maximum absolute atomic E-state index is 13.4. The third kappa shape index (κ3) is 5.22. The van der Waals surface area contributed by atoms with Gasteiger partial charge in [-0.3, -0.25) is 14.5 Å². The van der Waals surface area contributed by atoms with Gasteiger partial charge in [-0.25, -0.2) is 17.6 Å². The van der Waals surface area contributed by atoms with Crippen LogP contribution in [0.4, 0.5) is 14.9 Å². The molecule has 198 valence electrons. The Labute approximate surface area is 214 Å². The number of anilines is 1. The second-order valence-corrected chi connectivity index (χ2v) is 11.2. The van der Waals surface area contributed by atoms with Crippen molar-refractivity contribution in [2.75, 3.05) is 25.0 Å². The Kier molecular flexibility index (Phi) is 7.36. The molecule has 4 rings (SSSR count). The number of ether oxygens (including phenoxy) is 1. The Morgan fingerprint density at radius 1 is 1.08 bits per heavy atom. The number of hydrogen-bond acceptors (Lipinski definition) is 6. The van der Waals surface area contributed by atoms with Crippen molar-refractivity contribution in [3.8, 4) is 0 Å². The lowest BCUT2D eigenvalue weighted by atomic mass is 9.87. The van der Waals surface area contributed by atoms with E-state index in [4.69, 9.17) is 4.74 Å². The van der Waals surface area contributed by atoms with E-state index in [1.54, 1.807) is 6.92 Å². The van der Waals surface area contributed by atoms with Crippen molar-refractivity contribution >= 4 is 33.6 Å². The Bertz CT molecular complexity index is 1290. The Balaban J connectivity index is 1.43. The fourth-order valence-corrected chi connectivity index (χ4v) is 6.26. The van der Waals surface area contributed by atoms with Gasteiger partial charge in [0, 0.05) is 18.8 Å². The predicted octanol–water partition coefficient (Wildman–Crippen LogP) is 2.42. The highest BCUT2D eigenvalue weighted by Crippen LogP contribution is 2.32. The number of nitrogens with zero attached hydrogens (tertiary/aromatic N) is 2. The molecule has 3 atom stereocenters. The van der Waals surface area contributed by atoms with Crippen LogP contribution in [0.3, 0.4) is 0 Å². The number of imide groups is 1. The molecular formula is C25H29FN4O6S. The number of hydrogen-bond donors (Lipinski definition) is 2. The number of halogens is 1. The van der Waals surface area contributed by atoms with Crippen LogP contribution in [0.25, 0.3) is 0 Å². The molecule has 2 aliphatic rings.